The molecule has 0 radical (unpaired) electrons. The second kappa shape index (κ2) is 9.53. The Labute approximate surface area is 156 Å². The summed E-state index contributed by atoms with van der Waals surface area (Å²) < 4.78 is 51.1. The fourth-order valence-electron chi connectivity index (χ4n) is 2.64. The van der Waals surface area contributed by atoms with E-state index >= 15 is 0 Å². The van der Waals surface area contributed by atoms with Gasteiger partial charge in [0.2, 0.25) is 0 Å². The molecule has 4 nitrogen and oxygen atoms in total. The average molecular weight is 381 g/mol. The van der Waals surface area contributed by atoms with Gasteiger partial charge in [0.25, 0.3) is 0 Å². The van der Waals surface area contributed by atoms with E-state index in [2.05, 4.69) is 10.1 Å². The van der Waals surface area contributed by atoms with Crippen molar-refractivity contribution >= 4 is 5.97 Å². The van der Waals surface area contributed by atoms with Crippen molar-refractivity contribution in [3.05, 3.63) is 71.8 Å². The van der Waals surface area contributed by atoms with E-state index in [0.29, 0.717) is 11.1 Å². The van der Waals surface area contributed by atoms with Gasteiger partial charge in [0.15, 0.2) is 6.10 Å². The predicted molar refractivity (Wildman–Crippen MR) is 94.9 cm³/mol. The minimum atomic E-state index is -4.71. The molecule has 0 saturated carbocycles. The van der Waals surface area contributed by atoms with E-state index in [0.717, 1.165) is 7.11 Å². The van der Waals surface area contributed by atoms with Crippen molar-refractivity contribution in [2.24, 2.45) is 0 Å². The fourth-order valence-corrected chi connectivity index (χ4v) is 2.64. The van der Waals surface area contributed by atoms with E-state index < -0.39 is 30.3 Å². The van der Waals surface area contributed by atoms with E-state index in [-0.39, 0.29) is 6.61 Å². The number of benzene rings is 2. The average Bonchev–Trinajstić information content (AvgIpc) is 2.67. The minimum Gasteiger partial charge on any atom is -0.467 e. The zero-order valence-electron chi connectivity index (χ0n) is 15.1. The molecular formula is C20H22F3NO3. The molecule has 146 valence electrons. The second-order valence-electron chi connectivity index (χ2n) is 6.06. The summed E-state index contributed by atoms with van der Waals surface area (Å²) in [5.41, 5.74) is 1.32. The van der Waals surface area contributed by atoms with Crippen LogP contribution in [0.4, 0.5) is 13.2 Å². The van der Waals surface area contributed by atoms with Crippen molar-refractivity contribution in [1.82, 2.24) is 5.32 Å². The van der Waals surface area contributed by atoms with Crippen molar-refractivity contribution in [2.45, 2.75) is 37.9 Å². The van der Waals surface area contributed by atoms with Crippen molar-refractivity contribution in [2.75, 3.05) is 7.11 Å². The Morgan fingerprint density at radius 2 is 1.59 bits per heavy atom. The molecule has 0 saturated heterocycles. The Kier molecular flexibility index (Phi) is 7.38. The molecule has 7 heteroatoms. The molecule has 0 bridgehead atoms. The molecule has 0 spiro atoms. The molecule has 1 N–H and O–H groups in total. The number of methoxy groups -OCH3 is 1. The predicted octanol–water partition coefficient (Wildman–Crippen LogP) is 4.03. The highest BCUT2D eigenvalue weighted by molar-refractivity contribution is 5.75. The van der Waals surface area contributed by atoms with Crippen molar-refractivity contribution in [3.63, 3.8) is 0 Å². The highest BCUT2D eigenvalue weighted by Crippen LogP contribution is 2.28. The van der Waals surface area contributed by atoms with Crippen LogP contribution in [0.2, 0.25) is 0 Å². The lowest BCUT2D eigenvalue weighted by atomic mass is 10.0. The highest BCUT2D eigenvalue weighted by atomic mass is 19.4. The zero-order valence-corrected chi connectivity index (χ0v) is 15.1. The van der Waals surface area contributed by atoms with Gasteiger partial charge < -0.3 is 9.47 Å². The maximum atomic E-state index is 13.7. The molecule has 0 unspecified atom stereocenters. The third-order valence-electron chi connectivity index (χ3n) is 4.09. The molecule has 0 fully saturated rings. The van der Waals surface area contributed by atoms with Crippen LogP contribution in [0.15, 0.2) is 60.7 Å². The number of alkyl halides is 3. The number of nitrogens with one attached hydrogen (secondary N) is 1. The van der Waals surface area contributed by atoms with Gasteiger partial charge >= 0.3 is 12.1 Å². The third-order valence-corrected chi connectivity index (χ3v) is 4.09. The van der Waals surface area contributed by atoms with Gasteiger partial charge in [0, 0.05) is 6.04 Å². The first-order valence-electron chi connectivity index (χ1n) is 8.44. The Balaban J connectivity index is 2.21. The number of carbonyl (C=O) groups excluding carboxylic acids is 1. The SMILES string of the molecule is COC(=O)[C@@H](OCc1ccccc1)[C@H](N[C@@H](C)c1ccccc1)C(F)(F)F. The molecule has 3 atom stereocenters. The van der Waals surface area contributed by atoms with Crippen molar-refractivity contribution in [1.29, 1.82) is 0 Å². The second-order valence-corrected chi connectivity index (χ2v) is 6.06. The van der Waals surface area contributed by atoms with E-state index in [1.807, 2.05) is 0 Å². The lowest BCUT2D eigenvalue weighted by Crippen LogP contribution is -2.55. The first-order chi connectivity index (χ1) is 12.8. The number of halogens is 3. The topological polar surface area (TPSA) is 47.6 Å². The van der Waals surface area contributed by atoms with Crippen LogP contribution >= 0.6 is 0 Å². The lowest BCUT2D eigenvalue weighted by Gasteiger charge is -2.30. The standard InChI is InChI=1S/C20H22F3NO3/c1-14(16-11-7-4-8-12-16)24-18(20(21,22)23)17(19(25)26-2)27-13-15-9-5-3-6-10-15/h3-12,14,17-18,24H,13H2,1-2H3/t14-,17-,18-/m0/s1. The molecular weight excluding hydrogens is 359 g/mol. The lowest BCUT2D eigenvalue weighted by molar-refractivity contribution is -0.201. The Morgan fingerprint density at radius 3 is 2.11 bits per heavy atom. The maximum Gasteiger partial charge on any atom is 0.407 e. The Morgan fingerprint density at radius 1 is 1.04 bits per heavy atom. The fraction of sp³-hybridized carbons (Fsp3) is 0.350. The number of hydrogen-bond acceptors (Lipinski definition) is 4. The zero-order chi connectivity index (χ0) is 19.9. The molecule has 0 aliphatic carbocycles. The quantitative estimate of drug-likeness (QED) is 0.702. The summed E-state index contributed by atoms with van der Waals surface area (Å²) in [6.07, 6.45) is -6.54. The van der Waals surface area contributed by atoms with E-state index in [1.165, 1.54) is 0 Å². The van der Waals surface area contributed by atoms with Crippen LogP contribution in [-0.2, 0) is 20.9 Å². The van der Waals surface area contributed by atoms with Crippen molar-refractivity contribution in [3.8, 4) is 0 Å². The Bertz CT molecular complexity index is 707. The van der Waals surface area contributed by atoms with E-state index in [9.17, 15) is 18.0 Å². The summed E-state index contributed by atoms with van der Waals surface area (Å²) >= 11 is 0. The molecule has 27 heavy (non-hydrogen) atoms. The molecule has 0 amide bonds. The molecule has 0 heterocycles. The molecule has 2 aromatic rings. The van der Waals surface area contributed by atoms with Gasteiger partial charge in [-0.2, -0.15) is 13.2 Å². The van der Waals surface area contributed by atoms with Crippen LogP contribution in [-0.4, -0.2) is 31.4 Å². The van der Waals surface area contributed by atoms with Gasteiger partial charge in [-0.25, -0.2) is 4.79 Å². The largest absolute Gasteiger partial charge is 0.467 e. The van der Waals surface area contributed by atoms with E-state index in [4.69, 9.17) is 4.74 Å². The number of rotatable bonds is 8. The summed E-state index contributed by atoms with van der Waals surface area (Å²) in [7, 11) is 1.04. The number of hydrogen-bond donors (Lipinski definition) is 1. The molecule has 0 aliphatic heterocycles. The molecule has 2 aromatic carbocycles. The minimum absolute atomic E-state index is 0.144. The first kappa shape index (κ1) is 20.9. The van der Waals surface area contributed by atoms with Gasteiger partial charge in [-0.05, 0) is 18.1 Å². The summed E-state index contributed by atoms with van der Waals surface area (Å²) in [6, 6.07) is 14.5. The van der Waals surface area contributed by atoms with Gasteiger partial charge in [0.05, 0.1) is 13.7 Å². The summed E-state index contributed by atoms with van der Waals surface area (Å²) in [5.74, 6) is -1.08. The van der Waals surface area contributed by atoms with Crippen LogP contribution in [0.25, 0.3) is 0 Å². The van der Waals surface area contributed by atoms with E-state index in [1.54, 1.807) is 67.6 Å². The van der Waals surface area contributed by atoms with Crippen LogP contribution in [0.5, 0.6) is 0 Å². The third kappa shape index (κ3) is 6.08. The normalized spacial score (nSPS) is 15.0. The number of ether oxygens (including phenoxy) is 2. The Hall–Kier alpha value is -2.38. The van der Waals surface area contributed by atoms with Crippen LogP contribution < -0.4 is 5.32 Å². The van der Waals surface area contributed by atoms with Crippen LogP contribution in [0.1, 0.15) is 24.1 Å². The summed E-state index contributed by atoms with van der Waals surface area (Å²) in [5, 5.41) is 2.47. The number of esters is 1. The molecule has 2 rings (SSSR count). The number of carbonyl (C=O) groups is 1. The maximum absolute atomic E-state index is 13.7. The smallest absolute Gasteiger partial charge is 0.407 e. The van der Waals surface area contributed by atoms with Gasteiger partial charge in [-0.1, -0.05) is 60.7 Å². The highest BCUT2D eigenvalue weighted by Gasteiger charge is 2.49. The van der Waals surface area contributed by atoms with Gasteiger partial charge in [0.1, 0.15) is 6.04 Å². The van der Waals surface area contributed by atoms with Gasteiger partial charge in [-0.3, -0.25) is 5.32 Å². The molecule has 0 aliphatic rings. The monoisotopic (exact) mass is 381 g/mol. The van der Waals surface area contributed by atoms with Crippen LogP contribution in [0, 0.1) is 0 Å². The summed E-state index contributed by atoms with van der Waals surface area (Å²) in [4.78, 5) is 12.1. The first-order valence-corrected chi connectivity index (χ1v) is 8.44. The van der Waals surface area contributed by atoms with Crippen molar-refractivity contribution < 1.29 is 27.4 Å². The molecule has 0 aromatic heterocycles. The summed E-state index contributed by atoms with van der Waals surface area (Å²) in [6.45, 7) is 1.45. The van der Waals surface area contributed by atoms with Gasteiger partial charge in [-0.15, -0.1) is 0 Å². The van der Waals surface area contributed by atoms with Crippen LogP contribution in [0.3, 0.4) is 0 Å².